The molecule has 0 aromatic heterocycles. The molecule has 0 saturated carbocycles. The van der Waals surface area contributed by atoms with Crippen LogP contribution in [0.15, 0.2) is 0 Å². The molecule has 0 heterocycles. The molecule has 0 amide bonds. The van der Waals surface area contributed by atoms with Crippen molar-refractivity contribution in [1.29, 1.82) is 0 Å². The number of hydrogen-bond acceptors (Lipinski definition) is 2. The molecule has 1 N–H and O–H groups in total. The molecule has 16 heavy (non-hydrogen) atoms. The van der Waals surface area contributed by atoms with Gasteiger partial charge in [0.05, 0.1) is 6.10 Å². The van der Waals surface area contributed by atoms with Gasteiger partial charge < -0.3 is 5.11 Å². The Kier molecular flexibility index (Phi) is 5.99. The average Bonchev–Trinajstić information content (AvgIpc) is 1.98. The molecule has 0 aliphatic heterocycles. The highest BCUT2D eigenvalue weighted by molar-refractivity contribution is 4.77. The topological polar surface area (TPSA) is 23.5 Å². The lowest BCUT2D eigenvalue weighted by atomic mass is 9.88. The summed E-state index contributed by atoms with van der Waals surface area (Å²) in [5, 5.41) is 9.55. The van der Waals surface area contributed by atoms with Crippen molar-refractivity contribution in [2.45, 2.75) is 61.0 Å². The van der Waals surface area contributed by atoms with Crippen LogP contribution in [-0.2, 0) is 0 Å². The summed E-state index contributed by atoms with van der Waals surface area (Å²) in [6, 6.07) is 0. The number of hydrogen-bond donors (Lipinski definition) is 1. The van der Waals surface area contributed by atoms with Gasteiger partial charge in [-0.25, -0.2) is 0 Å². The van der Waals surface area contributed by atoms with E-state index in [4.69, 9.17) is 0 Å². The average molecular weight is 229 g/mol. The summed E-state index contributed by atoms with van der Waals surface area (Å²) in [6.45, 7) is 18.3. The SMILES string of the molecule is CCC(C)(C)CN(CC(C)O)CC(C)(C)C. The summed E-state index contributed by atoms with van der Waals surface area (Å²) in [5.74, 6) is 0. The van der Waals surface area contributed by atoms with Gasteiger partial charge in [0, 0.05) is 19.6 Å². The van der Waals surface area contributed by atoms with E-state index < -0.39 is 0 Å². The largest absolute Gasteiger partial charge is 0.392 e. The van der Waals surface area contributed by atoms with E-state index in [1.807, 2.05) is 6.92 Å². The molecule has 0 spiro atoms. The molecule has 0 aromatic carbocycles. The minimum atomic E-state index is -0.241. The Balaban J connectivity index is 4.43. The Bertz CT molecular complexity index is 191. The predicted molar refractivity (Wildman–Crippen MR) is 71.6 cm³/mol. The fourth-order valence-corrected chi connectivity index (χ4v) is 1.95. The molecular weight excluding hydrogens is 198 g/mol. The monoisotopic (exact) mass is 229 g/mol. The second-order valence-electron chi connectivity index (χ2n) is 7.10. The fraction of sp³-hybridized carbons (Fsp3) is 1.00. The second-order valence-corrected chi connectivity index (χ2v) is 7.10. The van der Waals surface area contributed by atoms with Crippen molar-refractivity contribution < 1.29 is 5.11 Å². The van der Waals surface area contributed by atoms with E-state index in [9.17, 15) is 5.11 Å². The summed E-state index contributed by atoms with van der Waals surface area (Å²) < 4.78 is 0. The van der Waals surface area contributed by atoms with Gasteiger partial charge in [-0.3, -0.25) is 4.90 Å². The van der Waals surface area contributed by atoms with Gasteiger partial charge in [-0.1, -0.05) is 41.5 Å². The zero-order chi connectivity index (χ0) is 13.0. The second kappa shape index (κ2) is 6.02. The Morgan fingerprint density at radius 2 is 1.56 bits per heavy atom. The first kappa shape index (κ1) is 15.9. The standard InChI is InChI=1S/C14H31NO/c1-8-14(6,7)11-15(9-12(2)16)10-13(3,4)5/h12,16H,8-11H2,1-7H3. The van der Waals surface area contributed by atoms with Crippen LogP contribution in [0.1, 0.15) is 54.9 Å². The summed E-state index contributed by atoms with van der Waals surface area (Å²) >= 11 is 0. The van der Waals surface area contributed by atoms with Crippen LogP contribution in [0.4, 0.5) is 0 Å². The molecule has 0 bridgehead atoms. The summed E-state index contributed by atoms with van der Waals surface area (Å²) in [7, 11) is 0. The Morgan fingerprint density at radius 3 is 1.88 bits per heavy atom. The van der Waals surface area contributed by atoms with E-state index in [1.54, 1.807) is 0 Å². The van der Waals surface area contributed by atoms with Crippen LogP contribution >= 0.6 is 0 Å². The Labute approximate surface area is 102 Å². The summed E-state index contributed by atoms with van der Waals surface area (Å²) in [4.78, 5) is 2.40. The van der Waals surface area contributed by atoms with E-state index in [0.717, 1.165) is 19.6 Å². The molecule has 0 radical (unpaired) electrons. The predicted octanol–water partition coefficient (Wildman–Crippen LogP) is 3.15. The maximum absolute atomic E-state index is 9.55. The van der Waals surface area contributed by atoms with Crippen LogP contribution in [0.2, 0.25) is 0 Å². The first-order chi connectivity index (χ1) is 7.06. The van der Waals surface area contributed by atoms with Crippen LogP contribution in [0.5, 0.6) is 0 Å². The third-order valence-electron chi connectivity index (χ3n) is 2.83. The highest BCUT2D eigenvalue weighted by Crippen LogP contribution is 2.24. The van der Waals surface area contributed by atoms with Crippen molar-refractivity contribution in [1.82, 2.24) is 4.90 Å². The number of nitrogens with zero attached hydrogens (tertiary/aromatic N) is 1. The fourth-order valence-electron chi connectivity index (χ4n) is 1.95. The quantitative estimate of drug-likeness (QED) is 0.756. The lowest BCUT2D eigenvalue weighted by molar-refractivity contribution is 0.0736. The van der Waals surface area contributed by atoms with Crippen molar-refractivity contribution >= 4 is 0 Å². The third-order valence-corrected chi connectivity index (χ3v) is 2.83. The van der Waals surface area contributed by atoms with Gasteiger partial charge in [-0.15, -0.1) is 0 Å². The molecule has 2 nitrogen and oxygen atoms in total. The van der Waals surface area contributed by atoms with Gasteiger partial charge >= 0.3 is 0 Å². The zero-order valence-corrected chi connectivity index (χ0v) is 12.3. The lowest BCUT2D eigenvalue weighted by Gasteiger charge is -2.36. The molecule has 0 rings (SSSR count). The lowest BCUT2D eigenvalue weighted by Crippen LogP contribution is -2.42. The Hall–Kier alpha value is -0.0800. The van der Waals surface area contributed by atoms with E-state index in [1.165, 1.54) is 6.42 Å². The summed E-state index contributed by atoms with van der Waals surface area (Å²) in [5.41, 5.74) is 0.624. The van der Waals surface area contributed by atoms with Gasteiger partial charge in [-0.2, -0.15) is 0 Å². The van der Waals surface area contributed by atoms with Crippen LogP contribution in [0, 0.1) is 10.8 Å². The molecule has 0 saturated heterocycles. The first-order valence-corrected chi connectivity index (χ1v) is 6.46. The Morgan fingerprint density at radius 1 is 1.06 bits per heavy atom. The minimum absolute atomic E-state index is 0.241. The van der Waals surface area contributed by atoms with Gasteiger partial charge in [-0.05, 0) is 24.2 Å². The summed E-state index contributed by atoms with van der Waals surface area (Å²) in [6.07, 6.45) is 0.933. The molecule has 98 valence electrons. The molecule has 1 unspecified atom stereocenters. The van der Waals surface area contributed by atoms with Crippen LogP contribution < -0.4 is 0 Å². The number of aliphatic hydroxyl groups excluding tert-OH is 1. The smallest absolute Gasteiger partial charge is 0.0639 e. The van der Waals surface area contributed by atoms with Crippen LogP contribution in [0.3, 0.4) is 0 Å². The van der Waals surface area contributed by atoms with Gasteiger partial charge in [0.1, 0.15) is 0 Å². The maximum Gasteiger partial charge on any atom is 0.0639 e. The van der Waals surface area contributed by atoms with E-state index in [2.05, 4.69) is 46.4 Å². The highest BCUT2D eigenvalue weighted by Gasteiger charge is 2.24. The first-order valence-electron chi connectivity index (χ1n) is 6.46. The molecular formula is C14H31NO. The molecule has 0 aliphatic carbocycles. The molecule has 0 aromatic rings. The maximum atomic E-state index is 9.55. The van der Waals surface area contributed by atoms with Crippen LogP contribution in [0.25, 0.3) is 0 Å². The van der Waals surface area contributed by atoms with Crippen molar-refractivity contribution in [3.05, 3.63) is 0 Å². The van der Waals surface area contributed by atoms with Crippen molar-refractivity contribution in [2.24, 2.45) is 10.8 Å². The molecule has 0 aliphatic rings. The third kappa shape index (κ3) is 8.12. The van der Waals surface area contributed by atoms with Gasteiger partial charge in [0.2, 0.25) is 0 Å². The van der Waals surface area contributed by atoms with E-state index in [0.29, 0.717) is 10.8 Å². The van der Waals surface area contributed by atoms with Crippen molar-refractivity contribution in [2.75, 3.05) is 19.6 Å². The molecule has 2 heteroatoms. The van der Waals surface area contributed by atoms with E-state index >= 15 is 0 Å². The minimum Gasteiger partial charge on any atom is -0.392 e. The highest BCUT2D eigenvalue weighted by atomic mass is 16.3. The van der Waals surface area contributed by atoms with Gasteiger partial charge in [0.15, 0.2) is 0 Å². The normalized spacial score (nSPS) is 15.6. The molecule has 0 fully saturated rings. The molecule has 1 atom stereocenters. The number of rotatable bonds is 6. The van der Waals surface area contributed by atoms with E-state index in [-0.39, 0.29) is 6.10 Å². The zero-order valence-electron chi connectivity index (χ0n) is 12.3. The van der Waals surface area contributed by atoms with Crippen molar-refractivity contribution in [3.8, 4) is 0 Å². The number of aliphatic hydroxyl groups is 1. The van der Waals surface area contributed by atoms with Gasteiger partial charge in [0.25, 0.3) is 0 Å². The van der Waals surface area contributed by atoms with Crippen molar-refractivity contribution in [3.63, 3.8) is 0 Å². The van der Waals surface area contributed by atoms with Crippen LogP contribution in [-0.4, -0.2) is 35.7 Å².